The fraction of sp³-hybridized carbons (Fsp3) is 0.500. The maximum Gasteiger partial charge on any atom is 0.244 e. The molecule has 0 bridgehead atoms. The zero-order valence-corrected chi connectivity index (χ0v) is 8.76. The highest BCUT2D eigenvalue weighted by Crippen LogP contribution is 2.27. The van der Waals surface area contributed by atoms with Crippen molar-refractivity contribution in [1.82, 2.24) is 0 Å². The maximum absolute atomic E-state index is 8.70. The molecule has 0 fully saturated rings. The van der Waals surface area contributed by atoms with Crippen molar-refractivity contribution < 1.29 is 0 Å². The summed E-state index contributed by atoms with van der Waals surface area (Å²) >= 11 is 2.86. The first kappa shape index (κ1) is 11.4. The summed E-state index contributed by atoms with van der Waals surface area (Å²) in [5.74, 6) is 1.68. The number of hydrogen-bond acceptors (Lipinski definition) is 3. The molecule has 0 unspecified atom stereocenters. The van der Waals surface area contributed by atoms with Gasteiger partial charge >= 0.3 is 0 Å². The fourth-order valence-electron chi connectivity index (χ4n) is 0.571. The lowest BCUT2D eigenvalue weighted by Crippen LogP contribution is -1.79. The average molecular weight is 198 g/mol. The van der Waals surface area contributed by atoms with Crippen LogP contribution in [0.25, 0.3) is 4.85 Å². The SMILES string of the molecule is [C-]#[N+]C(SCC)=C(C#N)SCC. The molecule has 0 aliphatic carbocycles. The van der Waals surface area contributed by atoms with Gasteiger partial charge in [0.1, 0.15) is 0 Å². The van der Waals surface area contributed by atoms with E-state index in [1.807, 2.05) is 19.9 Å². The Balaban J connectivity index is 4.56. The van der Waals surface area contributed by atoms with Crippen LogP contribution in [0.2, 0.25) is 0 Å². The molecule has 0 aliphatic rings. The van der Waals surface area contributed by atoms with E-state index in [2.05, 4.69) is 4.85 Å². The van der Waals surface area contributed by atoms with Crippen LogP contribution in [0.3, 0.4) is 0 Å². The van der Waals surface area contributed by atoms with Crippen molar-refractivity contribution in [2.75, 3.05) is 11.5 Å². The Morgan fingerprint density at radius 1 is 1.42 bits per heavy atom. The van der Waals surface area contributed by atoms with Crippen molar-refractivity contribution in [3.63, 3.8) is 0 Å². The number of nitrogens with zero attached hydrogens (tertiary/aromatic N) is 2. The van der Waals surface area contributed by atoms with Crippen LogP contribution in [0.1, 0.15) is 13.8 Å². The third-order valence-electron chi connectivity index (χ3n) is 0.967. The predicted octanol–water partition coefficient (Wildman–Crippen LogP) is 3.10. The van der Waals surface area contributed by atoms with Gasteiger partial charge in [0.25, 0.3) is 0 Å². The van der Waals surface area contributed by atoms with Gasteiger partial charge in [-0.25, -0.2) is 4.85 Å². The van der Waals surface area contributed by atoms with Crippen LogP contribution in [-0.2, 0) is 0 Å². The van der Waals surface area contributed by atoms with Gasteiger partial charge < -0.3 is 0 Å². The van der Waals surface area contributed by atoms with Crippen LogP contribution >= 0.6 is 23.5 Å². The summed E-state index contributed by atoms with van der Waals surface area (Å²) in [7, 11) is 0. The molecule has 0 aromatic heterocycles. The maximum atomic E-state index is 8.70. The van der Waals surface area contributed by atoms with Gasteiger partial charge in [-0.15, -0.1) is 23.5 Å². The van der Waals surface area contributed by atoms with Gasteiger partial charge in [-0.1, -0.05) is 13.8 Å². The van der Waals surface area contributed by atoms with Crippen LogP contribution in [0.4, 0.5) is 0 Å². The van der Waals surface area contributed by atoms with Gasteiger partial charge in [0.15, 0.2) is 0 Å². The number of nitriles is 1. The molecule has 0 aromatic carbocycles. The molecule has 0 aromatic rings. The van der Waals surface area contributed by atoms with Gasteiger partial charge in [-0.2, -0.15) is 5.26 Å². The minimum atomic E-state index is 0.534. The van der Waals surface area contributed by atoms with Crippen LogP contribution in [0.15, 0.2) is 9.93 Å². The van der Waals surface area contributed by atoms with Crippen molar-refractivity contribution >= 4 is 23.5 Å². The summed E-state index contributed by atoms with van der Waals surface area (Å²) in [6.07, 6.45) is 0. The lowest BCUT2D eigenvalue weighted by atomic mass is 10.7. The van der Waals surface area contributed by atoms with Crippen molar-refractivity contribution in [3.8, 4) is 6.07 Å². The second-order valence-corrected chi connectivity index (χ2v) is 4.25. The zero-order chi connectivity index (χ0) is 9.40. The quantitative estimate of drug-likeness (QED) is 0.513. The number of rotatable bonds is 4. The highest BCUT2D eigenvalue weighted by molar-refractivity contribution is 8.07. The summed E-state index contributed by atoms with van der Waals surface area (Å²) in [4.78, 5) is 3.87. The highest BCUT2D eigenvalue weighted by atomic mass is 32.2. The van der Waals surface area contributed by atoms with E-state index in [0.717, 1.165) is 11.5 Å². The van der Waals surface area contributed by atoms with Gasteiger partial charge in [0.2, 0.25) is 5.03 Å². The Hall–Kier alpha value is -0.580. The molecule has 0 rings (SSSR count). The van der Waals surface area contributed by atoms with E-state index in [4.69, 9.17) is 11.8 Å². The lowest BCUT2D eigenvalue weighted by molar-refractivity contribution is 1.50. The Morgan fingerprint density at radius 3 is 2.33 bits per heavy atom. The molecule has 0 N–H and O–H groups in total. The summed E-state index contributed by atoms with van der Waals surface area (Å²) < 4.78 is 0. The van der Waals surface area contributed by atoms with E-state index in [0.29, 0.717) is 9.93 Å². The number of hydrogen-bond donors (Lipinski definition) is 0. The molecular formula is C8H10N2S2. The normalized spacial score (nSPS) is 11.3. The number of allylic oxidation sites excluding steroid dienone is 1. The van der Waals surface area contributed by atoms with E-state index in [1.165, 1.54) is 23.5 Å². The lowest BCUT2D eigenvalue weighted by Gasteiger charge is -1.98. The molecule has 4 heteroatoms. The van der Waals surface area contributed by atoms with Crippen molar-refractivity contribution in [3.05, 3.63) is 21.4 Å². The van der Waals surface area contributed by atoms with Gasteiger partial charge in [0, 0.05) is 0 Å². The molecule has 0 radical (unpaired) electrons. The molecule has 2 nitrogen and oxygen atoms in total. The summed E-state index contributed by atoms with van der Waals surface area (Å²) in [5.41, 5.74) is 0. The first-order valence-corrected chi connectivity index (χ1v) is 5.54. The Morgan fingerprint density at radius 2 is 2.00 bits per heavy atom. The molecule has 0 heterocycles. The van der Waals surface area contributed by atoms with E-state index >= 15 is 0 Å². The monoisotopic (exact) mass is 198 g/mol. The number of thioether (sulfide) groups is 2. The minimum Gasteiger partial charge on any atom is -0.229 e. The Bertz CT molecular complexity index is 219. The van der Waals surface area contributed by atoms with E-state index in [1.54, 1.807) is 0 Å². The third kappa shape index (κ3) is 3.71. The van der Waals surface area contributed by atoms with Gasteiger partial charge in [-0.3, -0.25) is 0 Å². The molecule has 0 saturated carbocycles. The molecular weight excluding hydrogens is 188 g/mol. The average Bonchev–Trinajstić information content (AvgIpc) is 2.11. The summed E-state index contributed by atoms with van der Waals surface area (Å²) in [5, 5.41) is 9.23. The van der Waals surface area contributed by atoms with Crippen molar-refractivity contribution in [2.24, 2.45) is 0 Å². The molecule has 0 atom stereocenters. The standard InChI is InChI=1S/C8H10N2S2/c1-4-11-7(6-9)8(10-3)12-5-2/h4-5H2,1-2H3. The third-order valence-corrected chi connectivity index (χ3v) is 2.82. The Kier molecular flexibility index (Phi) is 6.75. The summed E-state index contributed by atoms with van der Waals surface area (Å²) in [6.45, 7) is 10.8. The molecule has 0 spiro atoms. The van der Waals surface area contributed by atoms with Crippen LogP contribution < -0.4 is 0 Å². The van der Waals surface area contributed by atoms with Crippen molar-refractivity contribution in [1.29, 1.82) is 5.26 Å². The largest absolute Gasteiger partial charge is 0.244 e. The zero-order valence-electron chi connectivity index (χ0n) is 7.13. The fourth-order valence-corrected chi connectivity index (χ4v) is 1.96. The molecule has 12 heavy (non-hydrogen) atoms. The smallest absolute Gasteiger partial charge is 0.229 e. The minimum absolute atomic E-state index is 0.534. The van der Waals surface area contributed by atoms with Crippen LogP contribution in [0, 0.1) is 17.9 Å². The molecule has 0 amide bonds. The van der Waals surface area contributed by atoms with Gasteiger partial charge in [0.05, 0.1) is 17.5 Å². The highest BCUT2D eigenvalue weighted by Gasteiger charge is 2.05. The van der Waals surface area contributed by atoms with E-state index < -0.39 is 0 Å². The topological polar surface area (TPSA) is 28.1 Å². The first-order valence-electron chi connectivity index (χ1n) is 3.57. The second kappa shape index (κ2) is 7.09. The molecule has 0 saturated heterocycles. The van der Waals surface area contributed by atoms with E-state index in [9.17, 15) is 0 Å². The summed E-state index contributed by atoms with van der Waals surface area (Å²) in [6, 6.07) is 2.05. The van der Waals surface area contributed by atoms with Crippen LogP contribution in [-0.4, -0.2) is 11.5 Å². The first-order chi connectivity index (χ1) is 5.79. The predicted molar refractivity (Wildman–Crippen MR) is 55.5 cm³/mol. The second-order valence-electron chi connectivity index (χ2n) is 1.72. The van der Waals surface area contributed by atoms with E-state index in [-0.39, 0.29) is 0 Å². The molecule has 0 aliphatic heterocycles. The molecule has 64 valence electrons. The van der Waals surface area contributed by atoms with Gasteiger partial charge in [-0.05, 0) is 11.5 Å². The van der Waals surface area contributed by atoms with Crippen LogP contribution in [0.5, 0.6) is 0 Å². The Labute approximate surface area is 81.8 Å². The van der Waals surface area contributed by atoms with Crippen molar-refractivity contribution in [2.45, 2.75) is 13.8 Å².